The number of rotatable bonds is 5. The molecule has 3 aromatic rings. The number of anilines is 2. The number of sulfonamides is 1. The maximum Gasteiger partial charge on any atom is 0.267 e. The molecule has 0 aliphatic carbocycles. The first kappa shape index (κ1) is 21.5. The van der Waals surface area contributed by atoms with Crippen LogP contribution in [0.3, 0.4) is 0 Å². The van der Waals surface area contributed by atoms with Crippen LogP contribution >= 0.6 is 11.3 Å². The molecular formula is C22H22FN3O3S2. The van der Waals surface area contributed by atoms with Crippen molar-refractivity contribution in [3.8, 4) is 0 Å². The average Bonchev–Trinajstić information content (AvgIpc) is 3.25. The largest absolute Gasteiger partial charge is 0.367 e. The van der Waals surface area contributed by atoms with Crippen LogP contribution in [0.15, 0.2) is 64.9 Å². The van der Waals surface area contributed by atoms with E-state index in [0.29, 0.717) is 24.5 Å². The molecule has 1 aliphatic rings. The Hall–Kier alpha value is -2.75. The molecule has 1 aromatic heterocycles. The zero-order valence-corrected chi connectivity index (χ0v) is 18.5. The normalized spacial score (nSPS) is 15.1. The monoisotopic (exact) mass is 459 g/mol. The number of nitrogens with zero attached hydrogens (tertiary/aromatic N) is 2. The Morgan fingerprint density at radius 1 is 1.03 bits per heavy atom. The number of amides is 1. The highest BCUT2D eigenvalue weighted by molar-refractivity contribution is 7.89. The molecule has 6 nitrogen and oxygen atoms in total. The zero-order valence-electron chi connectivity index (χ0n) is 16.9. The molecule has 0 unspecified atom stereocenters. The zero-order chi connectivity index (χ0) is 22.0. The van der Waals surface area contributed by atoms with Crippen LogP contribution < -0.4 is 10.2 Å². The van der Waals surface area contributed by atoms with Gasteiger partial charge < -0.3 is 10.2 Å². The molecule has 31 heavy (non-hydrogen) atoms. The van der Waals surface area contributed by atoms with Gasteiger partial charge in [0, 0.05) is 31.9 Å². The van der Waals surface area contributed by atoms with Gasteiger partial charge in [0.1, 0.15) is 15.6 Å². The summed E-state index contributed by atoms with van der Waals surface area (Å²) in [5, 5.41) is 4.38. The lowest BCUT2D eigenvalue weighted by atomic mass is 10.2. The summed E-state index contributed by atoms with van der Waals surface area (Å²) >= 11 is 1.09. The van der Waals surface area contributed by atoms with E-state index in [1.165, 1.54) is 16.4 Å². The van der Waals surface area contributed by atoms with E-state index < -0.39 is 15.9 Å². The summed E-state index contributed by atoms with van der Waals surface area (Å²) in [5.41, 5.74) is 2.07. The minimum atomic E-state index is -3.85. The molecule has 1 aliphatic heterocycles. The summed E-state index contributed by atoms with van der Waals surface area (Å²) in [4.78, 5) is 14.8. The summed E-state index contributed by atoms with van der Waals surface area (Å²) < 4.78 is 41.9. The van der Waals surface area contributed by atoms with Gasteiger partial charge in [-0.25, -0.2) is 12.8 Å². The van der Waals surface area contributed by atoms with Crippen molar-refractivity contribution in [3.63, 3.8) is 0 Å². The third-order valence-corrected chi connectivity index (χ3v) is 8.14. The highest BCUT2D eigenvalue weighted by Crippen LogP contribution is 2.28. The molecule has 1 N–H and O–H groups in total. The molecule has 162 valence electrons. The molecule has 9 heteroatoms. The summed E-state index contributed by atoms with van der Waals surface area (Å²) in [7, 11) is -3.85. The standard InChI is InChI=1S/C22H22FN3O3S2/c1-16-5-4-6-17(15-16)24-22(27)21-20(9-14-30-21)31(28,29)26-12-10-25(11-13-26)19-8-3-2-7-18(19)23/h2-9,14-15H,10-13H2,1H3,(H,24,27). The summed E-state index contributed by atoms with van der Waals surface area (Å²) in [6.45, 7) is 3.08. The number of hydrogen-bond donors (Lipinski definition) is 1. The predicted molar refractivity (Wildman–Crippen MR) is 121 cm³/mol. The van der Waals surface area contributed by atoms with Gasteiger partial charge in [-0.05, 0) is 48.2 Å². The lowest BCUT2D eigenvalue weighted by Crippen LogP contribution is -2.49. The Labute approximate surface area is 185 Å². The van der Waals surface area contributed by atoms with E-state index in [1.54, 1.807) is 29.6 Å². The quantitative estimate of drug-likeness (QED) is 0.627. The van der Waals surface area contributed by atoms with Crippen molar-refractivity contribution in [2.75, 3.05) is 36.4 Å². The third kappa shape index (κ3) is 4.48. The van der Waals surface area contributed by atoms with E-state index in [-0.39, 0.29) is 28.7 Å². The van der Waals surface area contributed by atoms with E-state index in [4.69, 9.17) is 0 Å². The molecule has 1 saturated heterocycles. The first-order valence-electron chi connectivity index (χ1n) is 9.81. The van der Waals surface area contributed by atoms with Gasteiger partial charge in [0.15, 0.2) is 0 Å². The fraction of sp³-hybridized carbons (Fsp3) is 0.227. The molecule has 1 amide bonds. The molecule has 0 radical (unpaired) electrons. The highest BCUT2D eigenvalue weighted by Gasteiger charge is 2.33. The fourth-order valence-corrected chi connectivity index (χ4v) is 6.31. The second-order valence-electron chi connectivity index (χ2n) is 7.28. The maximum absolute atomic E-state index is 14.1. The molecule has 0 saturated carbocycles. The topological polar surface area (TPSA) is 69.7 Å². The smallest absolute Gasteiger partial charge is 0.267 e. The van der Waals surface area contributed by atoms with Gasteiger partial charge >= 0.3 is 0 Å². The first-order valence-corrected chi connectivity index (χ1v) is 12.1. The first-order chi connectivity index (χ1) is 14.9. The van der Waals surface area contributed by atoms with Crippen molar-refractivity contribution >= 4 is 38.6 Å². The molecule has 0 atom stereocenters. The van der Waals surface area contributed by atoms with Crippen molar-refractivity contribution < 1.29 is 17.6 Å². The Kier molecular flexibility index (Phi) is 6.08. The van der Waals surface area contributed by atoms with Crippen LogP contribution in [-0.2, 0) is 10.0 Å². The van der Waals surface area contributed by atoms with Gasteiger partial charge in [-0.15, -0.1) is 11.3 Å². The van der Waals surface area contributed by atoms with Gasteiger partial charge in [0.05, 0.1) is 5.69 Å². The summed E-state index contributed by atoms with van der Waals surface area (Å²) in [6, 6.07) is 15.2. The summed E-state index contributed by atoms with van der Waals surface area (Å²) in [5.74, 6) is -0.782. The molecule has 1 fully saturated rings. The van der Waals surface area contributed by atoms with E-state index in [0.717, 1.165) is 16.9 Å². The van der Waals surface area contributed by atoms with E-state index >= 15 is 0 Å². The van der Waals surface area contributed by atoms with Crippen LogP contribution in [0.25, 0.3) is 0 Å². The summed E-state index contributed by atoms with van der Waals surface area (Å²) in [6.07, 6.45) is 0. The highest BCUT2D eigenvalue weighted by atomic mass is 32.2. The second kappa shape index (κ2) is 8.78. The Morgan fingerprint density at radius 3 is 2.48 bits per heavy atom. The van der Waals surface area contributed by atoms with Gasteiger partial charge in [-0.1, -0.05) is 24.3 Å². The number of carbonyl (C=O) groups is 1. The number of para-hydroxylation sites is 1. The van der Waals surface area contributed by atoms with Crippen LogP contribution in [-0.4, -0.2) is 44.8 Å². The van der Waals surface area contributed by atoms with Crippen LogP contribution in [0, 0.1) is 12.7 Å². The SMILES string of the molecule is Cc1cccc(NC(=O)c2sccc2S(=O)(=O)N2CCN(c3ccccc3F)CC2)c1. The minimum Gasteiger partial charge on any atom is -0.367 e. The van der Waals surface area contributed by atoms with Crippen molar-refractivity contribution in [2.45, 2.75) is 11.8 Å². The van der Waals surface area contributed by atoms with Gasteiger partial charge in [-0.3, -0.25) is 4.79 Å². The number of hydrogen-bond acceptors (Lipinski definition) is 5. The van der Waals surface area contributed by atoms with Crippen LogP contribution in [0.1, 0.15) is 15.2 Å². The van der Waals surface area contributed by atoms with Gasteiger partial charge in [0.25, 0.3) is 5.91 Å². The lowest BCUT2D eigenvalue weighted by molar-refractivity contribution is 0.102. The van der Waals surface area contributed by atoms with E-state index in [9.17, 15) is 17.6 Å². The molecule has 2 heterocycles. The average molecular weight is 460 g/mol. The number of aryl methyl sites for hydroxylation is 1. The Balaban J connectivity index is 1.50. The lowest BCUT2D eigenvalue weighted by Gasteiger charge is -2.35. The van der Waals surface area contributed by atoms with Crippen molar-refractivity contribution in [1.82, 2.24) is 4.31 Å². The maximum atomic E-state index is 14.1. The third-order valence-electron chi connectivity index (χ3n) is 5.16. The van der Waals surface area contributed by atoms with E-state index in [1.807, 2.05) is 30.0 Å². The molecule has 0 spiro atoms. The van der Waals surface area contributed by atoms with Crippen molar-refractivity contribution in [1.29, 1.82) is 0 Å². The van der Waals surface area contributed by atoms with Gasteiger partial charge in [-0.2, -0.15) is 4.31 Å². The van der Waals surface area contributed by atoms with Crippen molar-refractivity contribution in [2.24, 2.45) is 0 Å². The number of carbonyl (C=O) groups excluding carboxylic acids is 1. The van der Waals surface area contributed by atoms with E-state index in [2.05, 4.69) is 5.32 Å². The van der Waals surface area contributed by atoms with Crippen LogP contribution in [0.5, 0.6) is 0 Å². The van der Waals surface area contributed by atoms with Crippen molar-refractivity contribution in [3.05, 3.63) is 76.2 Å². The second-order valence-corrected chi connectivity index (χ2v) is 10.1. The number of thiophene rings is 1. The number of halogens is 1. The molecular weight excluding hydrogens is 437 g/mol. The predicted octanol–water partition coefficient (Wildman–Crippen LogP) is 3.96. The van der Waals surface area contributed by atoms with Crippen LogP contribution in [0.4, 0.5) is 15.8 Å². The molecule has 0 bridgehead atoms. The number of piperazine rings is 1. The fourth-order valence-electron chi connectivity index (χ4n) is 3.59. The van der Waals surface area contributed by atoms with Crippen LogP contribution in [0.2, 0.25) is 0 Å². The van der Waals surface area contributed by atoms with Gasteiger partial charge in [0.2, 0.25) is 10.0 Å². The molecule has 4 rings (SSSR count). The molecule has 2 aromatic carbocycles. The number of benzene rings is 2. The minimum absolute atomic E-state index is 0.00185. The Bertz CT molecular complexity index is 1200. The number of nitrogens with one attached hydrogen (secondary N) is 1. The Morgan fingerprint density at radius 2 is 1.77 bits per heavy atom.